The molecule has 1 N–H and O–H groups in total. The van der Waals surface area contributed by atoms with Gasteiger partial charge in [0.15, 0.2) is 6.34 Å². The molecule has 0 amide bonds. The number of allylic oxidation sites excluding steroid dienone is 3. The van der Waals surface area contributed by atoms with Gasteiger partial charge in [0.2, 0.25) is 0 Å². The highest BCUT2D eigenvalue weighted by Crippen LogP contribution is 2.18. The second-order valence-electron chi connectivity index (χ2n) is 2.59. The molecule has 0 saturated heterocycles. The van der Waals surface area contributed by atoms with Gasteiger partial charge in [-0.15, -0.1) is 0 Å². The van der Waals surface area contributed by atoms with Crippen molar-refractivity contribution in [1.29, 1.82) is 0 Å². The summed E-state index contributed by atoms with van der Waals surface area (Å²) < 4.78 is 0. The summed E-state index contributed by atoms with van der Waals surface area (Å²) in [5.41, 5.74) is 1.28. The zero-order valence-electron chi connectivity index (χ0n) is 6.12. The van der Waals surface area contributed by atoms with Crippen LogP contribution in [0.5, 0.6) is 0 Å². The second kappa shape index (κ2) is 2.74. The lowest BCUT2D eigenvalue weighted by Gasteiger charge is -2.11. The van der Waals surface area contributed by atoms with Crippen LogP contribution in [-0.2, 0) is 0 Å². The standard InChI is InChI=1S/C9H9N2/c1-2-4-9-6-11-7-10-5-8(9)3-1/h1-5,9H,6H2,(H,10,11). The minimum absolute atomic E-state index is 0.447. The van der Waals surface area contributed by atoms with Crippen LogP contribution >= 0.6 is 0 Å². The van der Waals surface area contributed by atoms with Gasteiger partial charge in [0.1, 0.15) is 0 Å². The van der Waals surface area contributed by atoms with Crippen molar-refractivity contribution in [2.24, 2.45) is 10.9 Å². The number of fused-ring (bicyclic) bond motifs is 1. The number of hydrogen-bond donors (Lipinski definition) is 1. The molecular formula is C9H9N2. The van der Waals surface area contributed by atoms with Gasteiger partial charge >= 0.3 is 0 Å². The molecule has 0 spiro atoms. The molecule has 0 aromatic rings. The Kier molecular flexibility index (Phi) is 1.60. The lowest BCUT2D eigenvalue weighted by atomic mass is 9.96. The van der Waals surface area contributed by atoms with Gasteiger partial charge in [-0.2, -0.15) is 0 Å². The van der Waals surface area contributed by atoms with Crippen molar-refractivity contribution in [3.8, 4) is 0 Å². The lowest BCUT2D eigenvalue weighted by Crippen LogP contribution is -2.05. The molecule has 0 fully saturated rings. The van der Waals surface area contributed by atoms with Crippen molar-refractivity contribution in [1.82, 2.24) is 5.32 Å². The monoisotopic (exact) mass is 145 g/mol. The largest absolute Gasteiger partial charge is 0.344 e. The molecule has 1 aliphatic carbocycles. The minimum atomic E-state index is 0.447. The van der Waals surface area contributed by atoms with E-state index >= 15 is 0 Å². The first-order chi connectivity index (χ1) is 5.47. The van der Waals surface area contributed by atoms with E-state index < -0.39 is 0 Å². The molecule has 11 heavy (non-hydrogen) atoms. The average Bonchev–Trinajstić information content (AvgIpc) is 2.28. The number of rotatable bonds is 0. The molecule has 0 aromatic carbocycles. The first-order valence-electron chi connectivity index (χ1n) is 3.69. The van der Waals surface area contributed by atoms with Crippen molar-refractivity contribution in [2.45, 2.75) is 0 Å². The van der Waals surface area contributed by atoms with Gasteiger partial charge in [0, 0.05) is 12.1 Å². The van der Waals surface area contributed by atoms with Crippen molar-refractivity contribution in [3.05, 3.63) is 36.1 Å². The zero-order valence-corrected chi connectivity index (χ0v) is 6.12. The van der Waals surface area contributed by atoms with Gasteiger partial charge in [0.25, 0.3) is 0 Å². The summed E-state index contributed by atoms with van der Waals surface area (Å²) in [4.78, 5) is 4.06. The van der Waals surface area contributed by atoms with Crippen molar-refractivity contribution in [3.63, 3.8) is 0 Å². The minimum Gasteiger partial charge on any atom is -0.344 e. The molecule has 1 radical (unpaired) electrons. The van der Waals surface area contributed by atoms with Gasteiger partial charge in [-0.25, -0.2) is 0 Å². The predicted octanol–water partition coefficient (Wildman–Crippen LogP) is 1.12. The third kappa shape index (κ3) is 1.24. The molecule has 0 saturated carbocycles. The Labute approximate surface area is 66.0 Å². The summed E-state index contributed by atoms with van der Waals surface area (Å²) in [6.07, 6.45) is 13.0. The Balaban J connectivity index is 2.27. The highest BCUT2D eigenvalue weighted by Gasteiger charge is 2.11. The molecule has 55 valence electrons. The predicted molar refractivity (Wildman–Crippen MR) is 45.3 cm³/mol. The van der Waals surface area contributed by atoms with Crippen LogP contribution in [0.1, 0.15) is 0 Å². The molecule has 1 unspecified atom stereocenters. The Morgan fingerprint density at radius 1 is 1.55 bits per heavy atom. The Bertz CT molecular complexity index is 259. The maximum absolute atomic E-state index is 4.06. The van der Waals surface area contributed by atoms with E-state index in [0.29, 0.717) is 5.92 Å². The SMILES string of the molecule is [C]1=NCC2C=CC=CC2=CN1. The van der Waals surface area contributed by atoms with Crippen LogP contribution in [0.25, 0.3) is 0 Å². The van der Waals surface area contributed by atoms with E-state index in [4.69, 9.17) is 0 Å². The number of nitrogens with one attached hydrogen (secondary N) is 1. The van der Waals surface area contributed by atoms with Gasteiger partial charge < -0.3 is 5.32 Å². The Hall–Kier alpha value is -1.31. The summed E-state index contributed by atoms with van der Waals surface area (Å²) >= 11 is 0. The van der Waals surface area contributed by atoms with E-state index in [1.165, 1.54) is 5.57 Å². The fourth-order valence-electron chi connectivity index (χ4n) is 1.23. The van der Waals surface area contributed by atoms with Crippen molar-refractivity contribution in [2.75, 3.05) is 6.54 Å². The molecule has 2 aliphatic rings. The Morgan fingerprint density at radius 2 is 2.55 bits per heavy atom. The van der Waals surface area contributed by atoms with E-state index in [1.807, 2.05) is 12.3 Å². The smallest absolute Gasteiger partial charge is 0.168 e. The lowest BCUT2D eigenvalue weighted by molar-refractivity contribution is 0.790. The fourth-order valence-corrected chi connectivity index (χ4v) is 1.23. The van der Waals surface area contributed by atoms with Crippen LogP contribution in [0.4, 0.5) is 0 Å². The van der Waals surface area contributed by atoms with Crippen LogP contribution in [0.3, 0.4) is 0 Å². The summed E-state index contributed by atoms with van der Waals surface area (Å²) in [5, 5.41) is 2.88. The van der Waals surface area contributed by atoms with E-state index in [1.54, 1.807) is 0 Å². The molecule has 2 nitrogen and oxygen atoms in total. The van der Waals surface area contributed by atoms with Gasteiger partial charge in [-0.3, -0.25) is 4.99 Å². The number of nitrogens with zero attached hydrogens (tertiary/aromatic N) is 1. The molecule has 1 aliphatic heterocycles. The van der Waals surface area contributed by atoms with Gasteiger partial charge in [0.05, 0.1) is 6.54 Å². The van der Waals surface area contributed by atoms with E-state index in [2.05, 4.69) is 34.9 Å². The van der Waals surface area contributed by atoms with Crippen molar-refractivity contribution < 1.29 is 0 Å². The van der Waals surface area contributed by atoms with Crippen LogP contribution in [0.15, 0.2) is 41.1 Å². The quantitative estimate of drug-likeness (QED) is 0.542. The maximum atomic E-state index is 4.06. The average molecular weight is 145 g/mol. The molecule has 1 atom stereocenters. The van der Waals surface area contributed by atoms with Crippen LogP contribution in [-0.4, -0.2) is 12.9 Å². The second-order valence-corrected chi connectivity index (χ2v) is 2.59. The van der Waals surface area contributed by atoms with Crippen molar-refractivity contribution >= 4 is 6.34 Å². The number of hydrogen-bond acceptors (Lipinski definition) is 2. The first kappa shape index (κ1) is 6.40. The normalized spacial score (nSPS) is 26.9. The zero-order chi connectivity index (χ0) is 7.52. The maximum Gasteiger partial charge on any atom is 0.168 e. The summed E-state index contributed by atoms with van der Waals surface area (Å²) in [5.74, 6) is 0.447. The fraction of sp³-hybridized carbons (Fsp3) is 0.222. The summed E-state index contributed by atoms with van der Waals surface area (Å²) in [7, 11) is 0. The van der Waals surface area contributed by atoms with Crippen LogP contribution in [0.2, 0.25) is 0 Å². The van der Waals surface area contributed by atoms with Crippen LogP contribution < -0.4 is 5.32 Å². The number of aliphatic imine (C=N–C) groups is 1. The Morgan fingerprint density at radius 3 is 3.55 bits per heavy atom. The molecule has 0 aromatic heterocycles. The summed E-state index contributed by atoms with van der Waals surface area (Å²) in [6, 6.07) is 0. The molecule has 0 bridgehead atoms. The molecule has 2 heteroatoms. The summed E-state index contributed by atoms with van der Waals surface area (Å²) in [6.45, 7) is 0.805. The van der Waals surface area contributed by atoms with E-state index in [9.17, 15) is 0 Å². The first-order valence-corrected chi connectivity index (χ1v) is 3.69. The van der Waals surface area contributed by atoms with Gasteiger partial charge in [-0.05, 0) is 5.57 Å². The third-order valence-electron chi connectivity index (χ3n) is 1.84. The highest BCUT2D eigenvalue weighted by molar-refractivity contribution is 5.58. The highest BCUT2D eigenvalue weighted by atomic mass is 14.9. The molecule has 1 heterocycles. The van der Waals surface area contributed by atoms with Gasteiger partial charge in [-0.1, -0.05) is 24.3 Å². The van der Waals surface area contributed by atoms with E-state index in [-0.39, 0.29) is 0 Å². The third-order valence-corrected chi connectivity index (χ3v) is 1.84. The topological polar surface area (TPSA) is 24.4 Å². The molecular weight excluding hydrogens is 136 g/mol. The van der Waals surface area contributed by atoms with E-state index in [0.717, 1.165) is 6.54 Å². The molecule has 2 rings (SSSR count). The van der Waals surface area contributed by atoms with Crippen LogP contribution in [0, 0.1) is 5.92 Å².